The Morgan fingerprint density at radius 2 is 1.89 bits per heavy atom. The van der Waals surface area contributed by atoms with Crippen molar-refractivity contribution in [3.05, 3.63) is 11.6 Å². The van der Waals surface area contributed by atoms with E-state index in [1.807, 2.05) is 0 Å². The summed E-state index contributed by atoms with van der Waals surface area (Å²) in [4.78, 5) is 0. The van der Waals surface area contributed by atoms with Crippen LogP contribution in [0.2, 0.25) is 0 Å². The number of alkyl halides is 1. The minimum Gasteiger partial charge on any atom is -0.311 e. The summed E-state index contributed by atoms with van der Waals surface area (Å²) in [6, 6.07) is 0.474. The predicted octanol–water partition coefficient (Wildman–Crippen LogP) is 3.51. The third kappa shape index (κ3) is 1.36. The lowest BCUT2D eigenvalue weighted by Crippen LogP contribution is -2.11. The molecule has 1 aromatic heterocycles. The number of nitrogens with zero attached hydrogens (tertiary/aromatic N) is 3. The van der Waals surface area contributed by atoms with E-state index in [4.69, 9.17) is 0 Å². The smallest absolute Gasteiger partial charge is 0.143 e. The lowest BCUT2D eigenvalue weighted by atomic mass is 10.0. The van der Waals surface area contributed by atoms with Gasteiger partial charge in [-0.1, -0.05) is 15.9 Å². The number of fused-ring (bicyclic) bond motifs is 5. The summed E-state index contributed by atoms with van der Waals surface area (Å²) in [6.07, 6.45) is 4.46. The maximum absolute atomic E-state index is 4.53. The topological polar surface area (TPSA) is 30.7 Å². The molecule has 0 amide bonds. The fourth-order valence-corrected chi connectivity index (χ4v) is 5.27. The molecule has 1 heterocycles. The zero-order valence-corrected chi connectivity index (χ0v) is 12.6. The molecule has 4 unspecified atom stereocenters. The van der Waals surface area contributed by atoms with Gasteiger partial charge in [-0.15, -0.1) is 10.2 Å². The molecule has 98 valence electrons. The van der Waals surface area contributed by atoms with Gasteiger partial charge < -0.3 is 4.57 Å². The Kier molecular flexibility index (Phi) is 2.42. The van der Waals surface area contributed by atoms with Crippen molar-refractivity contribution in [1.82, 2.24) is 14.8 Å². The fourth-order valence-electron chi connectivity index (χ4n) is 4.89. The normalized spacial score (nSPS) is 40.6. The monoisotopic (exact) mass is 309 g/mol. The summed E-state index contributed by atoms with van der Waals surface area (Å²) in [5.74, 6) is 7.04. The van der Waals surface area contributed by atoms with E-state index in [9.17, 15) is 0 Å². The first kappa shape index (κ1) is 11.4. The van der Waals surface area contributed by atoms with Crippen LogP contribution in [0.1, 0.15) is 56.7 Å². The molecule has 3 aliphatic rings. The van der Waals surface area contributed by atoms with Crippen LogP contribution in [0.3, 0.4) is 0 Å². The second kappa shape index (κ2) is 3.81. The lowest BCUT2D eigenvalue weighted by molar-refractivity contribution is 0.456. The van der Waals surface area contributed by atoms with Crippen LogP contribution < -0.4 is 0 Å². The number of rotatable bonds is 3. The average molecular weight is 310 g/mol. The fraction of sp³-hybridized carbons (Fsp3) is 0.857. The van der Waals surface area contributed by atoms with E-state index in [2.05, 4.69) is 44.5 Å². The maximum Gasteiger partial charge on any atom is 0.143 e. The van der Waals surface area contributed by atoms with Crippen molar-refractivity contribution in [3.8, 4) is 0 Å². The van der Waals surface area contributed by atoms with Crippen molar-refractivity contribution >= 4 is 15.9 Å². The summed E-state index contributed by atoms with van der Waals surface area (Å²) < 4.78 is 2.37. The van der Waals surface area contributed by atoms with E-state index in [0.29, 0.717) is 6.04 Å². The number of hydrogen-bond donors (Lipinski definition) is 0. The van der Waals surface area contributed by atoms with Crippen LogP contribution in [-0.4, -0.2) is 14.8 Å². The van der Waals surface area contributed by atoms with E-state index in [1.165, 1.54) is 25.1 Å². The summed E-state index contributed by atoms with van der Waals surface area (Å²) in [5.41, 5.74) is 0. The number of halogens is 1. The first-order valence-electron chi connectivity index (χ1n) is 7.22. The van der Waals surface area contributed by atoms with Crippen molar-refractivity contribution in [2.45, 2.75) is 50.4 Å². The Hall–Kier alpha value is -0.380. The van der Waals surface area contributed by atoms with Crippen molar-refractivity contribution in [3.63, 3.8) is 0 Å². The van der Waals surface area contributed by atoms with E-state index in [-0.39, 0.29) is 0 Å². The molecule has 4 heteroatoms. The van der Waals surface area contributed by atoms with Crippen molar-refractivity contribution < 1.29 is 0 Å². The zero-order valence-electron chi connectivity index (χ0n) is 11.0. The van der Waals surface area contributed by atoms with Gasteiger partial charge in [0.25, 0.3) is 0 Å². The molecular weight excluding hydrogens is 290 g/mol. The summed E-state index contributed by atoms with van der Waals surface area (Å²) in [7, 11) is 0. The molecule has 0 spiro atoms. The Bertz CT molecular complexity index is 465. The third-order valence-electron chi connectivity index (χ3n) is 5.46. The highest BCUT2D eigenvalue weighted by molar-refractivity contribution is 9.08. The first-order valence-corrected chi connectivity index (χ1v) is 8.34. The SMILES string of the molecule is CC(C)n1c(CBr)nnc1C1C2C3CCC(C3)C12. The molecule has 0 radical (unpaired) electrons. The second-order valence-electron chi connectivity index (χ2n) is 6.59. The van der Waals surface area contributed by atoms with E-state index >= 15 is 0 Å². The van der Waals surface area contributed by atoms with Gasteiger partial charge in [0.2, 0.25) is 0 Å². The van der Waals surface area contributed by atoms with Gasteiger partial charge in [-0.2, -0.15) is 0 Å². The largest absolute Gasteiger partial charge is 0.311 e. The summed E-state index contributed by atoms with van der Waals surface area (Å²) in [6.45, 7) is 4.48. The van der Waals surface area contributed by atoms with Crippen LogP contribution in [0.5, 0.6) is 0 Å². The number of hydrogen-bond acceptors (Lipinski definition) is 2. The van der Waals surface area contributed by atoms with E-state index < -0.39 is 0 Å². The molecule has 3 aliphatic carbocycles. The van der Waals surface area contributed by atoms with Gasteiger partial charge in [-0.25, -0.2) is 0 Å². The quantitative estimate of drug-likeness (QED) is 0.800. The van der Waals surface area contributed by atoms with Gasteiger partial charge in [0.05, 0.1) is 5.33 Å². The summed E-state index contributed by atoms with van der Waals surface area (Å²) in [5, 5.41) is 9.73. The molecule has 18 heavy (non-hydrogen) atoms. The Morgan fingerprint density at radius 3 is 2.44 bits per heavy atom. The minimum absolute atomic E-state index is 0.474. The van der Waals surface area contributed by atoms with Gasteiger partial charge in [0, 0.05) is 12.0 Å². The molecular formula is C14H20BrN3. The predicted molar refractivity (Wildman–Crippen MR) is 73.6 cm³/mol. The van der Waals surface area contributed by atoms with Gasteiger partial charge in [-0.3, -0.25) is 0 Å². The second-order valence-corrected chi connectivity index (χ2v) is 7.15. The van der Waals surface area contributed by atoms with Crippen LogP contribution in [0, 0.1) is 23.7 Å². The molecule has 3 fully saturated rings. The zero-order chi connectivity index (χ0) is 12.4. The lowest BCUT2D eigenvalue weighted by Gasteiger charge is -2.15. The first-order chi connectivity index (χ1) is 8.72. The Labute approximate surface area is 116 Å². The standard InChI is InChI=1S/C14H20BrN3/c1-7(2)18-10(6-15)16-17-14(18)13-11-8-3-4-9(5-8)12(11)13/h7-9,11-13H,3-6H2,1-2H3. The Balaban J connectivity index is 1.69. The molecule has 4 rings (SSSR count). The Morgan fingerprint density at radius 1 is 1.22 bits per heavy atom. The van der Waals surface area contributed by atoms with Crippen molar-refractivity contribution in [2.75, 3.05) is 0 Å². The minimum atomic E-state index is 0.474. The molecule has 2 bridgehead atoms. The van der Waals surface area contributed by atoms with Crippen LogP contribution in [0.4, 0.5) is 0 Å². The highest BCUT2D eigenvalue weighted by Gasteiger charge is 2.66. The van der Waals surface area contributed by atoms with Crippen LogP contribution in [-0.2, 0) is 5.33 Å². The molecule has 3 nitrogen and oxygen atoms in total. The van der Waals surface area contributed by atoms with Gasteiger partial charge in [0.1, 0.15) is 11.6 Å². The maximum atomic E-state index is 4.53. The van der Waals surface area contributed by atoms with Gasteiger partial charge in [-0.05, 0) is 56.8 Å². The van der Waals surface area contributed by atoms with Gasteiger partial charge in [0.15, 0.2) is 0 Å². The van der Waals surface area contributed by atoms with Crippen LogP contribution >= 0.6 is 15.9 Å². The molecule has 0 saturated heterocycles. The molecule has 3 saturated carbocycles. The van der Waals surface area contributed by atoms with Crippen molar-refractivity contribution in [1.29, 1.82) is 0 Å². The van der Waals surface area contributed by atoms with E-state index in [1.54, 1.807) is 0 Å². The average Bonchev–Trinajstić information content (AvgIpc) is 2.74. The van der Waals surface area contributed by atoms with E-state index in [0.717, 1.165) is 40.7 Å². The highest BCUT2D eigenvalue weighted by Crippen LogP contribution is 2.72. The molecule has 0 N–H and O–H groups in total. The van der Waals surface area contributed by atoms with Crippen molar-refractivity contribution in [2.24, 2.45) is 23.7 Å². The molecule has 1 aromatic rings. The molecule has 4 atom stereocenters. The van der Waals surface area contributed by atoms with Crippen LogP contribution in [0.25, 0.3) is 0 Å². The number of aromatic nitrogens is 3. The third-order valence-corrected chi connectivity index (χ3v) is 5.96. The van der Waals surface area contributed by atoms with Gasteiger partial charge >= 0.3 is 0 Å². The molecule has 0 aliphatic heterocycles. The summed E-state index contributed by atoms with van der Waals surface area (Å²) >= 11 is 3.53. The molecule has 0 aromatic carbocycles. The highest BCUT2D eigenvalue weighted by atomic mass is 79.9. The van der Waals surface area contributed by atoms with Crippen LogP contribution in [0.15, 0.2) is 0 Å².